The molecule has 0 saturated carbocycles. The van der Waals surface area contributed by atoms with Gasteiger partial charge in [-0.2, -0.15) is 26.3 Å². The van der Waals surface area contributed by atoms with Crippen molar-refractivity contribution in [2.24, 2.45) is 0 Å². The van der Waals surface area contributed by atoms with Crippen molar-refractivity contribution in [3.8, 4) is 0 Å². The van der Waals surface area contributed by atoms with Crippen molar-refractivity contribution in [1.82, 2.24) is 0 Å². The fourth-order valence-corrected chi connectivity index (χ4v) is 1.51. The van der Waals surface area contributed by atoms with Crippen LogP contribution < -0.4 is 0 Å². The first-order valence-corrected chi connectivity index (χ1v) is 4.38. The summed E-state index contributed by atoms with van der Waals surface area (Å²) in [6.07, 6.45) is -10.2. The van der Waals surface area contributed by atoms with Crippen molar-refractivity contribution in [1.29, 1.82) is 0 Å². The third-order valence-corrected chi connectivity index (χ3v) is 2.23. The Morgan fingerprint density at radius 3 is 1.89 bits per heavy atom. The highest BCUT2D eigenvalue weighted by Crippen LogP contribution is 2.43. The van der Waals surface area contributed by atoms with Crippen LogP contribution in [-0.4, -0.2) is 4.92 Å². The Labute approximate surface area is 96.2 Å². The Morgan fingerprint density at radius 1 is 1.06 bits per heavy atom. The summed E-state index contributed by atoms with van der Waals surface area (Å²) in [6, 6.07) is 0.474. The Hall–Kier alpha value is -1.80. The van der Waals surface area contributed by atoms with E-state index in [4.69, 9.17) is 0 Å². The average molecular weight is 273 g/mol. The van der Waals surface area contributed by atoms with E-state index < -0.39 is 39.7 Å². The first kappa shape index (κ1) is 14.3. The molecule has 1 rings (SSSR count). The maximum atomic E-state index is 12.6. The highest BCUT2D eigenvalue weighted by molar-refractivity contribution is 5.51. The zero-order chi connectivity index (χ0) is 14.3. The SMILES string of the molecule is Cc1c(C(F)(F)F)ccc([N+](=O)[O-])c1C(F)(F)F. The number of rotatable bonds is 1. The van der Waals surface area contributed by atoms with E-state index in [0.717, 1.165) is 0 Å². The van der Waals surface area contributed by atoms with Gasteiger partial charge in [0.25, 0.3) is 5.69 Å². The molecule has 9 heteroatoms. The van der Waals surface area contributed by atoms with Gasteiger partial charge in [0.1, 0.15) is 5.56 Å². The van der Waals surface area contributed by atoms with Gasteiger partial charge in [-0.3, -0.25) is 10.1 Å². The lowest BCUT2D eigenvalue weighted by Gasteiger charge is -2.15. The number of hydrogen-bond acceptors (Lipinski definition) is 2. The van der Waals surface area contributed by atoms with Crippen LogP contribution in [0.15, 0.2) is 12.1 Å². The summed E-state index contributed by atoms with van der Waals surface area (Å²) >= 11 is 0. The molecule has 18 heavy (non-hydrogen) atoms. The lowest BCUT2D eigenvalue weighted by molar-refractivity contribution is -0.388. The van der Waals surface area contributed by atoms with E-state index in [-0.39, 0.29) is 12.1 Å². The Kier molecular flexibility index (Phi) is 3.28. The number of alkyl halides is 6. The molecule has 3 nitrogen and oxygen atoms in total. The summed E-state index contributed by atoms with van der Waals surface area (Å²) in [5.74, 6) is 0. The van der Waals surface area contributed by atoms with Gasteiger partial charge in [0, 0.05) is 6.07 Å². The summed E-state index contributed by atoms with van der Waals surface area (Å²) in [7, 11) is 0. The molecule has 0 unspecified atom stereocenters. The largest absolute Gasteiger partial charge is 0.423 e. The van der Waals surface area contributed by atoms with Gasteiger partial charge >= 0.3 is 12.4 Å². The van der Waals surface area contributed by atoms with E-state index in [0.29, 0.717) is 6.92 Å². The van der Waals surface area contributed by atoms with Crippen molar-refractivity contribution >= 4 is 5.69 Å². The second-order valence-electron chi connectivity index (χ2n) is 3.38. The fraction of sp³-hybridized carbons (Fsp3) is 0.333. The molecular formula is C9H5F6NO2. The van der Waals surface area contributed by atoms with Gasteiger partial charge in [0.15, 0.2) is 0 Å². The van der Waals surface area contributed by atoms with E-state index in [1.54, 1.807) is 0 Å². The number of hydrogen-bond donors (Lipinski definition) is 0. The molecule has 100 valence electrons. The van der Waals surface area contributed by atoms with E-state index in [9.17, 15) is 36.5 Å². The van der Waals surface area contributed by atoms with Gasteiger partial charge in [-0.1, -0.05) is 0 Å². The van der Waals surface area contributed by atoms with Crippen LogP contribution in [0.2, 0.25) is 0 Å². The predicted octanol–water partition coefficient (Wildman–Crippen LogP) is 3.94. The smallest absolute Gasteiger partial charge is 0.258 e. The van der Waals surface area contributed by atoms with E-state index >= 15 is 0 Å². The number of nitro benzene ring substituents is 1. The first-order valence-electron chi connectivity index (χ1n) is 4.38. The minimum atomic E-state index is -5.23. The van der Waals surface area contributed by atoms with Crippen LogP contribution in [0.4, 0.5) is 32.0 Å². The molecule has 0 radical (unpaired) electrons. The summed E-state index contributed by atoms with van der Waals surface area (Å²) in [5.41, 5.74) is -6.01. The highest BCUT2D eigenvalue weighted by Gasteiger charge is 2.44. The molecule has 0 aromatic heterocycles. The van der Waals surface area contributed by atoms with Crippen molar-refractivity contribution in [2.75, 3.05) is 0 Å². The van der Waals surface area contributed by atoms with Crippen LogP contribution in [0.3, 0.4) is 0 Å². The minimum absolute atomic E-state index is 0.207. The molecule has 0 amide bonds. The molecule has 0 N–H and O–H groups in total. The molecule has 0 fully saturated rings. The fourth-order valence-electron chi connectivity index (χ4n) is 1.51. The molecule has 0 saturated heterocycles. The predicted molar refractivity (Wildman–Crippen MR) is 47.8 cm³/mol. The van der Waals surface area contributed by atoms with Crippen LogP contribution in [-0.2, 0) is 12.4 Å². The zero-order valence-corrected chi connectivity index (χ0v) is 8.69. The summed E-state index contributed by atoms with van der Waals surface area (Å²) in [6.45, 7) is 0.554. The molecule has 0 bridgehead atoms. The third-order valence-electron chi connectivity index (χ3n) is 2.23. The summed E-state index contributed by atoms with van der Waals surface area (Å²) in [5, 5.41) is 10.4. The normalized spacial score (nSPS) is 12.6. The highest BCUT2D eigenvalue weighted by atomic mass is 19.4. The Balaban J connectivity index is 3.67. The molecule has 0 spiro atoms. The zero-order valence-electron chi connectivity index (χ0n) is 8.69. The van der Waals surface area contributed by atoms with Gasteiger partial charge in [-0.15, -0.1) is 0 Å². The van der Waals surface area contributed by atoms with Crippen molar-refractivity contribution < 1.29 is 31.3 Å². The second kappa shape index (κ2) is 4.14. The maximum Gasteiger partial charge on any atom is 0.423 e. The quantitative estimate of drug-likeness (QED) is 0.442. The van der Waals surface area contributed by atoms with Gasteiger partial charge < -0.3 is 0 Å². The number of nitrogens with zero attached hydrogens (tertiary/aromatic N) is 1. The lowest BCUT2D eigenvalue weighted by atomic mass is 9.99. The molecule has 0 atom stereocenters. The van der Waals surface area contributed by atoms with E-state index in [2.05, 4.69) is 0 Å². The molecule has 0 aliphatic rings. The van der Waals surface area contributed by atoms with Gasteiger partial charge in [0.05, 0.1) is 10.5 Å². The lowest BCUT2D eigenvalue weighted by Crippen LogP contribution is -2.16. The van der Waals surface area contributed by atoms with E-state index in [1.807, 2.05) is 0 Å². The molecule has 1 aromatic rings. The Bertz CT molecular complexity index is 491. The topological polar surface area (TPSA) is 43.1 Å². The maximum absolute atomic E-state index is 12.6. The van der Waals surface area contributed by atoms with Gasteiger partial charge in [0.2, 0.25) is 0 Å². The second-order valence-corrected chi connectivity index (χ2v) is 3.38. The van der Waals surface area contributed by atoms with Crippen LogP contribution in [0.25, 0.3) is 0 Å². The number of nitro groups is 1. The molecule has 0 aliphatic carbocycles. The first-order chi connectivity index (χ1) is 7.96. The van der Waals surface area contributed by atoms with Crippen molar-refractivity contribution in [3.05, 3.63) is 38.9 Å². The summed E-state index contributed by atoms with van der Waals surface area (Å²) < 4.78 is 74.9. The molecule has 0 heterocycles. The van der Waals surface area contributed by atoms with Crippen molar-refractivity contribution in [2.45, 2.75) is 19.3 Å². The van der Waals surface area contributed by atoms with E-state index in [1.165, 1.54) is 0 Å². The van der Waals surface area contributed by atoms with Crippen LogP contribution in [0.1, 0.15) is 16.7 Å². The molecule has 1 aromatic carbocycles. The van der Waals surface area contributed by atoms with Crippen LogP contribution in [0.5, 0.6) is 0 Å². The van der Waals surface area contributed by atoms with Gasteiger partial charge in [-0.05, 0) is 18.6 Å². The number of halogens is 6. The Morgan fingerprint density at radius 2 is 1.56 bits per heavy atom. The van der Waals surface area contributed by atoms with Crippen LogP contribution in [0, 0.1) is 17.0 Å². The van der Waals surface area contributed by atoms with Gasteiger partial charge in [-0.25, -0.2) is 0 Å². The summed E-state index contributed by atoms with van der Waals surface area (Å²) in [4.78, 5) is 9.04. The average Bonchev–Trinajstić information content (AvgIpc) is 2.12. The molecular weight excluding hydrogens is 268 g/mol. The minimum Gasteiger partial charge on any atom is -0.258 e. The number of benzene rings is 1. The monoisotopic (exact) mass is 273 g/mol. The molecule has 0 aliphatic heterocycles. The standard InChI is InChI=1S/C9H5F6NO2/c1-4-5(8(10,11)12)2-3-6(16(17)18)7(4)9(13,14)15/h2-3H,1H3. The van der Waals surface area contributed by atoms with Crippen molar-refractivity contribution in [3.63, 3.8) is 0 Å². The van der Waals surface area contributed by atoms with Crippen LogP contribution >= 0.6 is 0 Å². The third kappa shape index (κ3) is 2.54.